The molecule has 1 aliphatic heterocycles. The van der Waals surface area contributed by atoms with Gasteiger partial charge in [0.25, 0.3) is 10.0 Å². The zero-order chi connectivity index (χ0) is 14.8. The molecule has 1 aliphatic rings. The third kappa shape index (κ3) is 3.01. The van der Waals surface area contributed by atoms with Crippen LogP contribution in [0.3, 0.4) is 0 Å². The largest absolute Gasteiger partial charge is 0.466 e. The van der Waals surface area contributed by atoms with Crippen LogP contribution in [-0.4, -0.2) is 48.4 Å². The number of imidazole rings is 1. The maximum absolute atomic E-state index is 12.4. The van der Waals surface area contributed by atoms with Crippen molar-refractivity contribution in [1.82, 2.24) is 14.3 Å². The predicted octanol–water partition coefficient (Wildman–Crippen LogP) is 0.682. The summed E-state index contributed by atoms with van der Waals surface area (Å²) in [4.78, 5) is 18.4. The highest BCUT2D eigenvalue weighted by atomic mass is 32.2. The van der Waals surface area contributed by atoms with Gasteiger partial charge in [-0.05, 0) is 26.7 Å². The van der Waals surface area contributed by atoms with Crippen LogP contribution in [0.5, 0.6) is 0 Å². The lowest BCUT2D eigenvalue weighted by Crippen LogP contribution is -2.42. The van der Waals surface area contributed by atoms with E-state index in [2.05, 4.69) is 9.97 Å². The van der Waals surface area contributed by atoms with Crippen molar-refractivity contribution in [2.75, 3.05) is 19.7 Å². The molecule has 1 fully saturated rings. The van der Waals surface area contributed by atoms with E-state index in [9.17, 15) is 13.2 Å². The molecule has 1 N–H and O–H groups in total. The summed E-state index contributed by atoms with van der Waals surface area (Å²) in [5.74, 6) is -0.168. The molecular weight excluding hydrogens is 282 g/mol. The Labute approximate surface area is 118 Å². The first-order valence-corrected chi connectivity index (χ1v) is 8.07. The van der Waals surface area contributed by atoms with Gasteiger partial charge in [-0.1, -0.05) is 0 Å². The Bertz CT molecular complexity index is 581. The van der Waals surface area contributed by atoms with E-state index >= 15 is 0 Å². The Kier molecular flexibility index (Phi) is 4.44. The molecule has 0 radical (unpaired) electrons. The van der Waals surface area contributed by atoms with Crippen LogP contribution in [-0.2, 0) is 19.6 Å². The molecule has 8 heteroatoms. The molecule has 112 valence electrons. The quantitative estimate of drug-likeness (QED) is 0.826. The molecule has 1 aromatic heterocycles. The lowest BCUT2D eigenvalue weighted by atomic mass is 10.0. The number of aryl methyl sites for hydroxylation is 1. The van der Waals surface area contributed by atoms with Crippen molar-refractivity contribution >= 4 is 16.0 Å². The third-order valence-electron chi connectivity index (χ3n) is 3.30. The maximum atomic E-state index is 12.4. The highest BCUT2D eigenvalue weighted by molar-refractivity contribution is 7.89. The van der Waals surface area contributed by atoms with Gasteiger partial charge < -0.3 is 9.72 Å². The maximum Gasteiger partial charge on any atom is 0.310 e. The van der Waals surface area contributed by atoms with Crippen molar-refractivity contribution in [2.24, 2.45) is 5.92 Å². The summed E-state index contributed by atoms with van der Waals surface area (Å²) < 4.78 is 31.2. The Morgan fingerprint density at radius 2 is 2.35 bits per heavy atom. The average molecular weight is 301 g/mol. The van der Waals surface area contributed by atoms with Crippen LogP contribution in [0.15, 0.2) is 11.2 Å². The zero-order valence-corrected chi connectivity index (χ0v) is 12.4. The molecule has 0 spiro atoms. The highest BCUT2D eigenvalue weighted by Crippen LogP contribution is 2.23. The number of piperidine rings is 1. The van der Waals surface area contributed by atoms with E-state index in [0.717, 1.165) is 0 Å². The van der Waals surface area contributed by atoms with Crippen LogP contribution in [0.4, 0.5) is 0 Å². The van der Waals surface area contributed by atoms with Crippen molar-refractivity contribution in [1.29, 1.82) is 0 Å². The number of ether oxygens (including phenoxy) is 1. The molecule has 7 nitrogen and oxygen atoms in total. The molecule has 1 atom stereocenters. The number of carbonyl (C=O) groups is 1. The summed E-state index contributed by atoms with van der Waals surface area (Å²) in [6, 6.07) is 0. The van der Waals surface area contributed by atoms with E-state index < -0.39 is 10.0 Å². The molecule has 0 aliphatic carbocycles. The number of hydrogen-bond acceptors (Lipinski definition) is 5. The number of nitrogens with one attached hydrogen (secondary N) is 1. The minimum atomic E-state index is -3.62. The van der Waals surface area contributed by atoms with Crippen LogP contribution < -0.4 is 0 Å². The van der Waals surface area contributed by atoms with Crippen LogP contribution in [0, 0.1) is 12.8 Å². The minimum Gasteiger partial charge on any atom is -0.466 e. The average Bonchev–Trinajstić information content (AvgIpc) is 2.86. The standard InChI is InChI=1S/C12H19N3O4S/c1-3-19-12(16)10-5-4-6-15(8-10)20(17,18)11-7-13-9(2)14-11/h7,10H,3-6,8H2,1-2H3,(H,13,14)/t10-/m1/s1. The fourth-order valence-corrected chi connectivity index (χ4v) is 3.77. The second kappa shape index (κ2) is 5.92. The van der Waals surface area contributed by atoms with Crippen molar-refractivity contribution in [2.45, 2.75) is 31.7 Å². The molecule has 0 aromatic carbocycles. The molecule has 0 amide bonds. The molecule has 1 aromatic rings. The molecule has 2 rings (SSSR count). The normalized spacial score (nSPS) is 20.8. The number of rotatable bonds is 4. The lowest BCUT2D eigenvalue weighted by molar-refractivity contribution is -0.149. The Hall–Kier alpha value is -1.41. The van der Waals surface area contributed by atoms with E-state index in [4.69, 9.17) is 4.74 Å². The smallest absolute Gasteiger partial charge is 0.310 e. The third-order valence-corrected chi connectivity index (χ3v) is 5.08. The van der Waals surface area contributed by atoms with Gasteiger partial charge >= 0.3 is 5.97 Å². The number of sulfonamides is 1. The molecule has 0 bridgehead atoms. The van der Waals surface area contributed by atoms with Gasteiger partial charge in [0.15, 0.2) is 5.03 Å². The molecule has 1 saturated heterocycles. The van der Waals surface area contributed by atoms with Crippen molar-refractivity contribution in [3.8, 4) is 0 Å². The van der Waals surface area contributed by atoms with Gasteiger partial charge in [0, 0.05) is 13.1 Å². The van der Waals surface area contributed by atoms with Crippen molar-refractivity contribution in [3.05, 3.63) is 12.0 Å². The van der Waals surface area contributed by atoms with E-state index in [0.29, 0.717) is 31.8 Å². The SMILES string of the molecule is CCOC(=O)[C@@H]1CCCN(S(=O)(=O)c2cnc(C)[nH]2)C1. The fraction of sp³-hybridized carbons (Fsp3) is 0.667. The summed E-state index contributed by atoms with van der Waals surface area (Å²) in [5.41, 5.74) is 0. The molecule has 2 heterocycles. The Balaban J connectivity index is 2.14. The van der Waals surface area contributed by atoms with Gasteiger partial charge in [0.2, 0.25) is 0 Å². The van der Waals surface area contributed by atoms with Crippen molar-refractivity contribution in [3.63, 3.8) is 0 Å². The number of carbonyl (C=O) groups excluding carboxylic acids is 1. The summed E-state index contributed by atoms with van der Waals surface area (Å²) in [5, 5.41) is 0.0690. The number of nitrogens with zero attached hydrogens (tertiary/aromatic N) is 2. The monoisotopic (exact) mass is 301 g/mol. The molecule has 0 unspecified atom stereocenters. The zero-order valence-electron chi connectivity index (χ0n) is 11.6. The van der Waals surface area contributed by atoms with Gasteiger partial charge in [-0.2, -0.15) is 4.31 Å². The van der Waals surface area contributed by atoms with E-state index in [-0.39, 0.29) is 23.5 Å². The summed E-state index contributed by atoms with van der Waals surface area (Å²) in [6.07, 6.45) is 2.61. The first kappa shape index (κ1) is 15.0. The van der Waals surface area contributed by atoms with Crippen LogP contribution >= 0.6 is 0 Å². The Morgan fingerprint density at radius 1 is 1.60 bits per heavy atom. The first-order chi connectivity index (χ1) is 9.45. The van der Waals surface area contributed by atoms with Gasteiger partial charge in [0.05, 0.1) is 18.7 Å². The number of aromatic amines is 1. The predicted molar refractivity (Wildman–Crippen MR) is 71.4 cm³/mol. The van der Waals surface area contributed by atoms with Gasteiger partial charge in [0.1, 0.15) is 5.82 Å². The molecule has 0 saturated carbocycles. The summed E-state index contributed by atoms with van der Waals surface area (Å²) >= 11 is 0. The lowest BCUT2D eigenvalue weighted by Gasteiger charge is -2.30. The summed E-state index contributed by atoms with van der Waals surface area (Å²) in [7, 11) is -3.62. The topological polar surface area (TPSA) is 92.4 Å². The van der Waals surface area contributed by atoms with E-state index in [1.807, 2.05) is 0 Å². The number of aromatic nitrogens is 2. The van der Waals surface area contributed by atoms with E-state index in [1.165, 1.54) is 10.5 Å². The second-order valence-electron chi connectivity index (χ2n) is 4.79. The van der Waals surface area contributed by atoms with Crippen LogP contribution in [0.2, 0.25) is 0 Å². The fourth-order valence-electron chi connectivity index (χ4n) is 2.28. The van der Waals surface area contributed by atoms with Crippen molar-refractivity contribution < 1.29 is 17.9 Å². The van der Waals surface area contributed by atoms with Gasteiger partial charge in [-0.25, -0.2) is 13.4 Å². The summed E-state index contributed by atoms with van der Waals surface area (Å²) in [6.45, 7) is 4.32. The number of hydrogen-bond donors (Lipinski definition) is 1. The molecule has 20 heavy (non-hydrogen) atoms. The van der Waals surface area contributed by atoms with Crippen LogP contribution in [0.25, 0.3) is 0 Å². The van der Waals surface area contributed by atoms with Gasteiger partial charge in [-0.3, -0.25) is 4.79 Å². The first-order valence-electron chi connectivity index (χ1n) is 6.63. The number of H-pyrrole nitrogens is 1. The second-order valence-corrected chi connectivity index (χ2v) is 6.69. The highest BCUT2D eigenvalue weighted by Gasteiger charge is 2.34. The minimum absolute atomic E-state index is 0.0690. The van der Waals surface area contributed by atoms with Gasteiger partial charge in [-0.15, -0.1) is 0 Å². The molecular formula is C12H19N3O4S. The Morgan fingerprint density at radius 3 is 2.95 bits per heavy atom. The number of esters is 1. The van der Waals surface area contributed by atoms with E-state index in [1.54, 1.807) is 13.8 Å². The van der Waals surface area contributed by atoms with Crippen LogP contribution in [0.1, 0.15) is 25.6 Å².